The zero-order valence-corrected chi connectivity index (χ0v) is 17.0. The molecule has 2 N–H and O–H groups in total. The molecule has 0 spiro atoms. The summed E-state index contributed by atoms with van der Waals surface area (Å²) in [6.07, 6.45) is 5.04. The van der Waals surface area contributed by atoms with Crippen LogP contribution in [0.3, 0.4) is 0 Å². The van der Waals surface area contributed by atoms with Crippen molar-refractivity contribution in [3.63, 3.8) is 0 Å². The summed E-state index contributed by atoms with van der Waals surface area (Å²) in [5.41, 5.74) is -0.418. The molecule has 1 fully saturated rings. The van der Waals surface area contributed by atoms with Gasteiger partial charge in [0, 0.05) is 42.2 Å². The van der Waals surface area contributed by atoms with Gasteiger partial charge in [-0.15, -0.1) is 11.3 Å². The summed E-state index contributed by atoms with van der Waals surface area (Å²) in [4.78, 5) is 35.4. The van der Waals surface area contributed by atoms with Gasteiger partial charge in [0.25, 0.3) is 0 Å². The number of hydrogen-bond acceptors (Lipinski definition) is 8. The van der Waals surface area contributed by atoms with E-state index in [1.165, 1.54) is 17.5 Å². The minimum Gasteiger partial charge on any atom is -0.477 e. The highest BCUT2D eigenvalue weighted by atomic mass is 32.2. The fourth-order valence-corrected chi connectivity index (χ4v) is 4.98. The summed E-state index contributed by atoms with van der Waals surface area (Å²) in [6.45, 7) is 1.66. The number of thioether (sulfide) groups is 1. The van der Waals surface area contributed by atoms with Gasteiger partial charge in [0.15, 0.2) is 10.8 Å². The number of carboxylic acids is 1. The number of anilines is 1. The summed E-state index contributed by atoms with van der Waals surface area (Å²) in [5, 5.41) is 15.8. The number of pyridine rings is 2. The lowest BCUT2D eigenvalue weighted by Gasteiger charge is -2.18. The number of carbonyl (C=O) groups is 1. The maximum absolute atomic E-state index is 12.6. The van der Waals surface area contributed by atoms with Crippen LogP contribution in [-0.4, -0.2) is 63.3 Å². The number of rotatable bonds is 5. The van der Waals surface area contributed by atoms with Crippen LogP contribution in [0.2, 0.25) is 0 Å². The molecule has 0 bridgehead atoms. The molecule has 1 aliphatic heterocycles. The molecular weight excluding hydrogens is 398 g/mol. The first-order valence-corrected chi connectivity index (χ1v) is 10.8. The van der Waals surface area contributed by atoms with Crippen LogP contribution in [0.4, 0.5) is 5.82 Å². The summed E-state index contributed by atoms with van der Waals surface area (Å²) >= 11 is 3.17. The Bertz CT molecular complexity index is 1070. The van der Waals surface area contributed by atoms with Crippen molar-refractivity contribution in [3.05, 3.63) is 45.7 Å². The Labute approximate surface area is 169 Å². The molecule has 3 aromatic rings. The highest BCUT2D eigenvalue weighted by molar-refractivity contribution is 7.99. The van der Waals surface area contributed by atoms with E-state index in [-0.39, 0.29) is 10.9 Å². The number of fused-ring (bicyclic) bond motifs is 1. The Balaban J connectivity index is 1.87. The van der Waals surface area contributed by atoms with Gasteiger partial charge < -0.3 is 15.3 Å². The van der Waals surface area contributed by atoms with Gasteiger partial charge in [-0.25, -0.2) is 14.8 Å². The fourth-order valence-electron chi connectivity index (χ4n) is 3.48. The van der Waals surface area contributed by atoms with E-state index in [4.69, 9.17) is 4.98 Å². The van der Waals surface area contributed by atoms with Crippen molar-refractivity contribution >= 4 is 45.9 Å². The van der Waals surface area contributed by atoms with E-state index in [0.29, 0.717) is 22.1 Å². The van der Waals surface area contributed by atoms with E-state index in [9.17, 15) is 14.7 Å². The van der Waals surface area contributed by atoms with Crippen LogP contribution in [-0.2, 0) is 0 Å². The molecule has 0 radical (unpaired) electrons. The number of nitrogens with one attached hydrogen (secondary N) is 1. The second kappa shape index (κ2) is 7.53. The first kappa shape index (κ1) is 18.9. The fraction of sp³-hybridized carbons (Fsp3) is 0.333. The number of nitrogens with zero attached hydrogens (tertiary/aromatic N) is 4. The molecular formula is C18H19N5O3S2. The molecule has 8 nitrogen and oxygen atoms in total. The molecule has 4 rings (SSSR count). The van der Waals surface area contributed by atoms with Crippen LogP contribution in [0.5, 0.6) is 0 Å². The van der Waals surface area contributed by atoms with Crippen molar-refractivity contribution in [2.75, 3.05) is 31.3 Å². The first-order chi connectivity index (χ1) is 13.5. The van der Waals surface area contributed by atoms with E-state index in [1.54, 1.807) is 28.3 Å². The van der Waals surface area contributed by atoms with Crippen LogP contribution < -0.4 is 15.6 Å². The Hall–Kier alpha value is -2.43. The normalized spacial score (nSPS) is 19.4. The van der Waals surface area contributed by atoms with Gasteiger partial charge in [-0.1, -0.05) is 0 Å². The van der Waals surface area contributed by atoms with Gasteiger partial charge >= 0.3 is 5.97 Å². The third-order valence-electron chi connectivity index (χ3n) is 4.96. The second-order valence-electron chi connectivity index (χ2n) is 6.48. The maximum Gasteiger partial charge on any atom is 0.341 e. The maximum atomic E-state index is 12.6. The molecule has 3 aromatic heterocycles. The topological polar surface area (TPSA) is 100 Å². The molecule has 1 saturated heterocycles. The molecule has 4 heterocycles. The van der Waals surface area contributed by atoms with Gasteiger partial charge in [0.05, 0.1) is 5.39 Å². The van der Waals surface area contributed by atoms with Crippen LogP contribution >= 0.6 is 23.1 Å². The lowest BCUT2D eigenvalue weighted by molar-refractivity contribution is 0.0695. The Morgan fingerprint density at radius 2 is 2.21 bits per heavy atom. The Morgan fingerprint density at radius 3 is 2.82 bits per heavy atom. The largest absolute Gasteiger partial charge is 0.477 e. The highest BCUT2D eigenvalue weighted by Crippen LogP contribution is 2.27. The molecule has 146 valence electrons. The molecule has 0 unspecified atom stereocenters. The van der Waals surface area contributed by atoms with Crippen LogP contribution in [0, 0.1) is 0 Å². The standard InChI is InChI=1S/C18H19N5O3S2/c1-19-12-8-22(9-13(12)27-2)14-4-3-10-15(24)11(17(25)26)7-23(16(10)21-14)18-20-5-6-28-18/h3-7,12-13,19H,8-9H2,1-2H3,(H,25,26)/t12-,13-/m1/s1. The van der Waals surface area contributed by atoms with E-state index in [2.05, 4.69) is 21.5 Å². The quantitative estimate of drug-likeness (QED) is 0.647. The SMILES string of the molecule is CN[C@@H]1CN(c2ccc3c(=O)c(C(=O)O)cn(-c4nccs4)c3n2)C[C@H]1SC. The lowest BCUT2D eigenvalue weighted by Crippen LogP contribution is -2.34. The van der Waals surface area contributed by atoms with E-state index in [0.717, 1.165) is 18.9 Å². The van der Waals surface area contributed by atoms with Crippen molar-refractivity contribution in [1.29, 1.82) is 0 Å². The van der Waals surface area contributed by atoms with Gasteiger partial charge in [0.2, 0.25) is 5.43 Å². The number of likely N-dealkylation sites (N-methyl/N-ethyl adjacent to an activating group) is 1. The number of aromatic carboxylic acids is 1. The third-order valence-corrected chi connectivity index (χ3v) is 6.81. The van der Waals surface area contributed by atoms with Crippen molar-refractivity contribution < 1.29 is 9.90 Å². The monoisotopic (exact) mass is 417 g/mol. The highest BCUT2D eigenvalue weighted by Gasteiger charge is 2.32. The number of hydrogen-bond donors (Lipinski definition) is 2. The smallest absolute Gasteiger partial charge is 0.341 e. The lowest BCUT2D eigenvalue weighted by atomic mass is 10.2. The van der Waals surface area contributed by atoms with Crippen LogP contribution in [0.15, 0.2) is 34.7 Å². The summed E-state index contributed by atoms with van der Waals surface area (Å²) in [7, 11) is 1.96. The van der Waals surface area contributed by atoms with Crippen molar-refractivity contribution in [1.82, 2.24) is 19.9 Å². The minimum absolute atomic E-state index is 0.268. The molecule has 0 aromatic carbocycles. The van der Waals surface area contributed by atoms with Crippen LogP contribution in [0.1, 0.15) is 10.4 Å². The summed E-state index contributed by atoms with van der Waals surface area (Å²) in [5.74, 6) is -0.502. The van der Waals surface area contributed by atoms with Crippen LogP contribution in [0.25, 0.3) is 16.2 Å². The molecule has 0 saturated carbocycles. The molecule has 2 atom stereocenters. The third kappa shape index (κ3) is 3.17. The Kier molecular flexibility index (Phi) is 5.09. The average molecular weight is 418 g/mol. The predicted molar refractivity (Wildman–Crippen MR) is 112 cm³/mol. The summed E-state index contributed by atoms with van der Waals surface area (Å²) in [6, 6.07) is 3.80. The molecule has 0 amide bonds. The van der Waals surface area contributed by atoms with Crippen molar-refractivity contribution in [2.45, 2.75) is 11.3 Å². The molecule has 0 aliphatic carbocycles. The van der Waals surface area contributed by atoms with Gasteiger partial charge in [-0.2, -0.15) is 11.8 Å². The molecule has 10 heteroatoms. The zero-order chi connectivity index (χ0) is 19.8. The summed E-state index contributed by atoms with van der Waals surface area (Å²) < 4.78 is 1.59. The van der Waals surface area contributed by atoms with Gasteiger partial charge in [-0.05, 0) is 25.4 Å². The van der Waals surface area contributed by atoms with Gasteiger partial charge in [0.1, 0.15) is 11.4 Å². The molecule has 1 aliphatic rings. The van der Waals surface area contributed by atoms with Crippen molar-refractivity contribution in [3.8, 4) is 5.13 Å². The second-order valence-corrected chi connectivity index (χ2v) is 8.43. The zero-order valence-electron chi connectivity index (χ0n) is 15.3. The number of aromatic nitrogens is 3. The number of carboxylic acid groups (broad SMARTS) is 1. The average Bonchev–Trinajstić information content (AvgIpc) is 3.37. The van der Waals surface area contributed by atoms with Gasteiger partial charge in [-0.3, -0.25) is 9.36 Å². The first-order valence-electron chi connectivity index (χ1n) is 8.68. The van der Waals surface area contributed by atoms with Crippen molar-refractivity contribution in [2.24, 2.45) is 0 Å². The number of thiazole rings is 1. The molecule has 28 heavy (non-hydrogen) atoms. The Morgan fingerprint density at radius 1 is 1.39 bits per heavy atom. The van der Waals surface area contributed by atoms with E-state index in [1.807, 2.05) is 18.8 Å². The van der Waals surface area contributed by atoms with E-state index < -0.39 is 11.4 Å². The predicted octanol–water partition coefficient (Wildman–Crippen LogP) is 1.68. The minimum atomic E-state index is -1.26. The van der Waals surface area contributed by atoms with E-state index >= 15 is 0 Å².